The van der Waals surface area contributed by atoms with Crippen LogP contribution in [0.2, 0.25) is 0 Å². The van der Waals surface area contributed by atoms with Gasteiger partial charge in [-0.25, -0.2) is 0 Å². The molecule has 3 heterocycles. The van der Waals surface area contributed by atoms with Crippen LogP contribution in [0.15, 0.2) is 54.9 Å². The fourth-order valence-corrected chi connectivity index (χ4v) is 3.87. The largest absolute Gasteiger partial charge is 0.336 e. The summed E-state index contributed by atoms with van der Waals surface area (Å²) in [7, 11) is 0. The second-order valence-corrected chi connectivity index (χ2v) is 7.05. The van der Waals surface area contributed by atoms with Gasteiger partial charge in [0.25, 0.3) is 5.91 Å². The third-order valence-corrected chi connectivity index (χ3v) is 5.22. The fraction of sp³-hybridized carbons (Fsp3) is 0.318. The zero-order valence-electron chi connectivity index (χ0n) is 15.1. The van der Waals surface area contributed by atoms with Crippen molar-refractivity contribution in [1.82, 2.24) is 14.9 Å². The van der Waals surface area contributed by atoms with Crippen LogP contribution in [0.5, 0.6) is 0 Å². The number of aryl methyl sites for hydroxylation is 2. The highest BCUT2D eigenvalue weighted by Crippen LogP contribution is 2.25. The molecular formula is C22H23N3O. The number of benzene rings is 1. The number of rotatable bonds is 4. The van der Waals surface area contributed by atoms with E-state index in [0.29, 0.717) is 6.04 Å². The van der Waals surface area contributed by atoms with Crippen LogP contribution in [-0.2, 0) is 6.42 Å². The number of hydrogen-bond donors (Lipinski definition) is 0. The van der Waals surface area contributed by atoms with Gasteiger partial charge in [0.15, 0.2) is 0 Å². The molecule has 1 atom stereocenters. The number of likely N-dealkylation sites (tertiary alicyclic amines) is 1. The second kappa shape index (κ2) is 7.24. The van der Waals surface area contributed by atoms with E-state index in [1.165, 1.54) is 5.56 Å². The second-order valence-electron chi connectivity index (χ2n) is 7.05. The first kappa shape index (κ1) is 16.7. The molecule has 0 aliphatic carbocycles. The standard InChI is InChI=1S/C22H23N3O/c1-16-14-17(10-12-23-16)6-8-20-5-3-13-25(20)22(26)19-7-9-21-18(15-19)4-2-11-24-21/h2,4,7,9-12,14-15,20H,3,5-6,8,13H2,1H3/t20-/m1/s1. The Morgan fingerprint density at radius 2 is 2.08 bits per heavy atom. The average Bonchev–Trinajstić information content (AvgIpc) is 3.14. The van der Waals surface area contributed by atoms with Crippen molar-refractivity contribution in [3.05, 3.63) is 71.7 Å². The van der Waals surface area contributed by atoms with Gasteiger partial charge in [-0.2, -0.15) is 0 Å². The molecule has 0 saturated carbocycles. The zero-order valence-corrected chi connectivity index (χ0v) is 15.1. The highest BCUT2D eigenvalue weighted by Gasteiger charge is 2.29. The minimum absolute atomic E-state index is 0.143. The summed E-state index contributed by atoms with van der Waals surface area (Å²) < 4.78 is 0. The van der Waals surface area contributed by atoms with Gasteiger partial charge in [-0.3, -0.25) is 14.8 Å². The molecule has 0 radical (unpaired) electrons. The molecular weight excluding hydrogens is 322 g/mol. The number of nitrogens with zero attached hydrogens (tertiary/aromatic N) is 3. The van der Waals surface area contributed by atoms with Gasteiger partial charge < -0.3 is 4.90 Å². The van der Waals surface area contributed by atoms with Crippen molar-refractivity contribution in [3.63, 3.8) is 0 Å². The molecule has 4 rings (SSSR count). The minimum Gasteiger partial charge on any atom is -0.336 e. The summed E-state index contributed by atoms with van der Waals surface area (Å²) in [4.78, 5) is 23.7. The molecule has 1 aliphatic heterocycles. The van der Waals surface area contributed by atoms with E-state index in [-0.39, 0.29) is 5.91 Å². The van der Waals surface area contributed by atoms with E-state index in [1.54, 1.807) is 6.20 Å². The Morgan fingerprint density at radius 1 is 1.15 bits per heavy atom. The van der Waals surface area contributed by atoms with E-state index in [0.717, 1.165) is 54.4 Å². The number of carbonyl (C=O) groups excluding carboxylic acids is 1. The van der Waals surface area contributed by atoms with E-state index in [4.69, 9.17) is 0 Å². The minimum atomic E-state index is 0.143. The van der Waals surface area contributed by atoms with E-state index in [9.17, 15) is 4.79 Å². The lowest BCUT2D eigenvalue weighted by Crippen LogP contribution is -2.35. The van der Waals surface area contributed by atoms with Gasteiger partial charge in [-0.15, -0.1) is 0 Å². The predicted molar refractivity (Wildman–Crippen MR) is 103 cm³/mol. The maximum absolute atomic E-state index is 13.1. The quantitative estimate of drug-likeness (QED) is 0.713. The molecule has 0 spiro atoms. The van der Waals surface area contributed by atoms with Crippen molar-refractivity contribution in [3.8, 4) is 0 Å². The van der Waals surface area contributed by atoms with Gasteiger partial charge >= 0.3 is 0 Å². The predicted octanol–water partition coefficient (Wildman–Crippen LogP) is 4.18. The molecule has 132 valence electrons. The number of aromatic nitrogens is 2. The van der Waals surface area contributed by atoms with Crippen LogP contribution < -0.4 is 0 Å². The van der Waals surface area contributed by atoms with Crippen LogP contribution in [0.1, 0.15) is 40.9 Å². The van der Waals surface area contributed by atoms with Crippen LogP contribution in [-0.4, -0.2) is 33.4 Å². The van der Waals surface area contributed by atoms with Crippen LogP contribution in [0.4, 0.5) is 0 Å². The van der Waals surface area contributed by atoms with E-state index < -0.39 is 0 Å². The summed E-state index contributed by atoms with van der Waals surface area (Å²) in [5, 5.41) is 1.02. The summed E-state index contributed by atoms with van der Waals surface area (Å²) in [5.74, 6) is 0.143. The topological polar surface area (TPSA) is 46.1 Å². The average molecular weight is 345 g/mol. The maximum Gasteiger partial charge on any atom is 0.254 e. The Kier molecular flexibility index (Phi) is 4.65. The Labute approximate surface area is 153 Å². The Balaban J connectivity index is 1.48. The van der Waals surface area contributed by atoms with Gasteiger partial charge in [-0.05, 0) is 74.6 Å². The third-order valence-electron chi connectivity index (χ3n) is 5.22. The SMILES string of the molecule is Cc1cc(CC[C@H]2CCCN2C(=O)c2ccc3ncccc3c2)ccn1. The Morgan fingerprint density at radius 3 is 2.96 bits per heavy atom. The van der Waals surface area contributed by atoms with E-state index >= 15 is 0 Å². The molecule has 0 N–H and O–H groups in total. The fourth-order valence-electron chi connectivity index (χ4n) is 3.87. The van der Waals surface area contributed by atoms with Crippen molar-refractivity contribution in [2.75, 3.05) is 6.54 Å². The van der Waals surface area contributed by atoms with Crippen molar-refractivity contribution < 1.29 is 4.79 Å². The molecule has 0 unspecified atom stereocenters. The van der Waals surface area contributed by atoms with Crippen molar-refractivity contribution >= 4 is 16.8 Å². The van der Waals surface area contributed by atoms with Crippen molar-refractivity contribution in [2.45, 2.75) is 38.6 Å². The van der Waals surface area contributed by atoms with Gasteiger partial charge in [-0.1, -0.05) is 6.07 Å². The molecule has 26 heavy (non-hydrogen) atoms. The third kappa shape index (κ3) is 3.45. The van der Waals surface area contributed by atoms with Crippen LogP contribution in [0.25, 0.3) is 10.9 Å². The molecule has 4 heteroatoms. The molecule has 1 aliphatic rings. The monoisotopic (exact) mass is 345 g/mol. The van der Waals surface area contributed by atoms with Crippen LogP contribution >= 0.6 is 0 Å². The van der Waals surface area contributed by atoms with Gasteiger partial charge in [0.1, 0.15) is 0 Å². The Bertz CT molecular complexity index is 937. The molecule has 0 bridgehead atoms. The van der Waals surface area contributed by atoms with Crippen LogP contribution in [0, 0.1) is 6.92 Å². The number of hydrogen-bond acceptors (Lipinski definition) is 3. The number of fused-ring (bicyclic) bond motifs is 1. The summed E-state index contributed by atoms with van der Waals surface area (Å²) in [6, 6.07) is 14.2. The lowest BCUT2D eigenvalue weighted by molar-refractivity contribution is 0.0731. The molecule has 1 saturated heterocycles. The summed E-state index contributed by atoms with van der Waals surface area (Å²) in [5.41, 5.74) is 4.03. The molecule has 1 amide bonds. The molecule has 1 fully saturated rings. The molecule has 4 nitrogen and oxygen atoms in total. The summed E-state index contributed by atoms with van der Waals surface area (Å²) in [6.45, 7) is 2.87. The highest BCUT2D eigenvalue weighted by molar-refractivity contribution is 5.98. The normalized spacial score (nSPS) is 17.0. The van der Waals surface area contributed by atoms with Gasteiger partial charge in [0.2, 0.25) is 0 Å². The Hall–Kier alpha value is -2.75. The van der Waals surface area contributed by atoms with Crippen LogP contribution in [0.3, 0.4) is 0 Å². The van der Waals surface area contributed by atoms with Crippen molar-refractivity contribution in [1.29, 1.82) is 0 Å². The molecule has 2 aromatic heterocycles. The zero-order chi connectivity index (χ0) is 17.9. The highest BCUT2D eigenvalue weighted by atomic mass is 16.2. The summed E-state index contributed by atoms with van der Waals surface area (Å²) in [6.07, 6.45) is 7.81. The molecule has 1 aromatic carbocycles. The summed E-state index contributed by atoms with van der Waals surface area (Å²) >= 11 is 0. The van der Waals surface area contributed by atoms with Gasteiger partial charge in [0.05, 0.1) is 5.52 Å². The lowest BCUT2D eigenvalue weighted by Gasteiger charge is -2.25. The number of pyridine rings is 2. The lowest BCUT2D eigenvalue weighted by atomic mass is 10.0. The number of carbonyl (C=O) groups is 1. The first-order chi connectivity index (χ1) is 12.7. The maximum atomic E-state index is 13.1. The van der Waals surface area contributed by atoms with Crippen molar-refractivity contribution in [2.24, 2.45) is 0 Å². The van der Waals surface area contributed by atoms with E-state index in [2.05, 4.69) is 27.0 Å². The number of amides is 1. The first-order valence-electron chi connectivity index (χ1n) is 9.28. The first-order valence-corrected chi connectivity index (χ1v) is 9.28. The van der Waals surface area contributed by atoms with E-state index in [1.807, 2.05) is 43.5 Å². The molecule has 3 aromatic rings. The smallest absolute Gasteiger partial charge is 0.254 e. The van der Waals surface area contributed by atoms with Gasteiger partial charge in [0, 0.05) is 41.6 Å².